The Balaban J connectivity index is 2.10. The van der Waals surface area contributed by atoms with E-state index in [1.54, 1.807) is 34.2 Å². The Morgan fingerprint density at radius 2 is 2.20 bits per heavy atom. The Morgan fingerprint density at radius 1 is 1.30 bits per heavy atom. The summed E-state index contributed by atoms with van der Waals surface area (Å²) in [6, 6.07) is 9.31. The van der Waals surface area contributed by atoms with Crippen LogP contribution >= 0.6 is 27.3 Å². The van der Waals surface area contributed by atoms with Gasteiger partial charge in [-0.15, -0.1) is 11.3 Å². The summed E-state index contributed by atoms with van der Waals surface area (Å²) in [6.45, 7) is 0. The van der Waals surface area contributed by atoms with E-state index in [1.807, 2.05) is 18.2 Å². The lowest BCUT2D eigenvalue weighted by atomic mass is 10.3. The highest BCUT2D eigenvalue weighted by Gasteiger charge is 2.12. The normalized spacial score (nSPS) is 11.4. The van der Waals surface area contributed by atoms with Crippen molar-refractivity contribution in [3.05, 3.63) is 50.7 Å². The zero-order valence-electron chi connectivity index (χ0n) is 10.0. The molecule has 4 heterocycles. The van der Waals surface area contributed by atoms with Crippen molar-refractivity contribution in [2.45, 2.75) is 0 Å². The lowest BCUT2D eigenvalue weighted by molar-refractivity contribution is 0.970. The van der Waals surface area contributed by atoms with Crippen molar-refractivity contribution in [1.29, 1.82) is 0 Å². The highest BCUT2D eigenvalue weighted by Crippen LogP contribution is 2.30. The zero-order valence-corrected chi connectivity index (χ0v) is 12.4. The van der Waals surface area contributed by atoms with Gasteiger partial charge in [-0.1, -0.05) is 0 Å². The van der Waals surface area contributed by atoms with Gasteiger partial charge in [-0.2, -0.15) is 5.10 Å². The molecule has 0 saturated heterocycles. The van der Waals surface area contributed by atoms with Crippen LogP contribution in [-0.4, -0.2) is 19.6 Å². The summed E-state index contributed by atoms with van der Waals surface area (Å²) in [5, 5.41) is 4.51. The SMILES string of the molecule is O=c1[nH]c2cccnc2n2nc(-c3ccc(Br)s3)cc12. The third kappa shape index (κ3) is 1.70. The fraction of sp³-hybridized carbons (Fsp3) is 0. The molecule has 0 spiro atoms. The molecule has 7 heteroatoms. The molecule has 4 rings (SSSR count). The molecule has 0 amide bonds. The van der Waals surface area contributed by atoms with Crippen LogP contribution < -0.4 is 5.56 Å². The second-order valence-electron chi connectivity index (χ2n) is 4.26. The quantitative estimate of drug-likeness (QED) is 0.576. The Morgan fingerprint density at radius 3 is 3.00 bits per heavy atom. The van der Waals surface area contributed by atoms with Gasteiger partial charge in [0.1, 0.15) is 11.2 Å². The molecular formula is C13H7BrN4OS. The first kappa shape index (κ1) is 11.8. The van der Waals surface area contributed by atoms with Crippen molar-refractivity contribution in [2.75, 3.05) is 0 Å². The maximum absolute atomic E-state index is 12.1. The summed E-state index contributed by atoms with van der Waals surface area (Å²) in [4.78, 5) is 20.2. The number of nitrogens with zero attached hydrogens (tertiary/aromatic N) is 3. The highest BCUT2D eigenvalue weighted by molar-refractivity contribution is 9.11. The highest BCUT2D eigenvalue weighted by atomic mass is 79.9. The van der Waals surface area contributed by atoms with Gasteiger partial charge in [0.15, 0.2) is 5.65 Å². The summed E-state index contributed by atoms with van der Waals surface area (Å²) in [6.07, 6.45) is 1.68. The van der Waals surface area contributed by atoms with E-state index in [4.69, 9.17) is 0 Å². The number of aromatic amines is 1. The molecule has 0 aliphatic carbocycles. The van der Waals surface area contributed by atoms with Crippen LogP contribution in [0.15, 0.2) is 45.1 Å². The number of thiophene rings is 1. The zero-order chi connectivity index (χ0) is 13.7. The predicted octanol–water partition coefficient (Wildman–Crippen LogP) is 3.06. The number of rotatable bonds is 1. The first-order valence-corrected chi connectivity index (χ1v) is 7.46. The Hall–Kier alpha value is -1.99. The molecule has 0 unspecified atom stereocenters. The number of aromatic nitrogens is 4. The van der Waals surface area contributed by atoms with Crippen LogP contribution in [-0.2, 0) is 0 Å². The standard InChI is InChI=1S/C13H7BrN4OS/c14-11-4-3-10(20-11)8-6-9-13(19)16-7-2-1-5-15-12(7)18(9)17-8/h1-6H,(H,16,19). The molecule has 0 fully saturated rings. The number of hydrogen-bond donors (Lipinski definition) is 1. The minimum atomic E-state index is -0.167. The van der Waals surface area contributed by atoms with Gasteiger partial charge in [0.25, 0.3) is 5.56 Å². The number of H-pyrrole nitrogens is 1. The van der Waals surface area contributed by atoms with E-state index < -0.39 is 0 Å². The van der Waals surface area contributed by atoms with Crippen LogP contribution in [0.4, 0.5) is 0 Å². The second-order valence-corrected chi connectivity index (χ2v) is 6.72. The number of fused-ring (bicyclic) bond motifs is 3. The van der Waals surface area contributed by atoms with E-state index in [0.29, 0.717) is 16.7 Å². The molecule has 0 bridgehead atoms. The predicted molar refractivity (Wildman–Crippen MR) is 82.1 cm³/mol. The summed E-state index contributed by atoms with van der Waals surface area (Å²) < 4.78 is 2.62. The molecule has 98 valence electrons. The third-order valence-electron chi connectivity index (χ3n) is 3.00. The van der Waals surface area contributed by atoms with Crippen LogP contribution in [0.5, 0.6) is 0 Å². The fourth-order valence-corrected chi connectivity index (χ4v) is 3.47. The first-order valence-electron chi connectivity index (χ1n) is 5.85. The summed E-state index contributed by atoms with van der Waals surface area (Å²) in [5.41, 5.74) is 2.41. The molecular weight excluding hydrogens is 340 g/mol. The van der Waals surface area contributed by atoms with Gasteiger partial charge in [0, 0.05) is 6.20 Å². The molecule has 0 radical (unpaired) electrons. The monoisotopic (exact) mass is 346 g/mol. The van der Waals surface area contributed by atoms with Crippen molar-refractivity contribution >= 4 is 43.9 Å². The number of hydrogen-bond acceptors (Lipinski definition) is 4. The van der Waals surface area contributed by atoms with E-state index >= 15 is 0 Å². The Labute approximate surface area is 125 Å². The van der Waals surface area contributed by atoms with Crippen LogP contribution in [0.25, 0.3) is 27.3 Å². The Kier molecular flexibility index (Phi) is 2.51. The minimum absolute atomic E-state index is 0.167. The lowest BCUT2D eigenvalue weighted by Gasteiger charge is -1.98. The van der Waals surface area contributed by atoms with Gasteiger partial charge in [-0.05, 0) is 46.3 Å². The fourth-order valence-electron chi connectivity index (χ4n) is 2.13. The van der Waals surface area contributed by atoms with Crippen LogP contribution in [0, 0.1) is 0 Å². The molecule has 1 N–H and O–H groups in total. The molecule has 0 aromatic carbocycles. The number of pyridine rings is 1. The van der Waals surface area contributed by atoms with Gasteiger partial charge in [0.2, 0.25) is 0 Å². The summed E-state index contributed by atoms with van der Waals surface area (Å²) >= 11 is 5.01. The average Bonchev–Trinajstić information content (AvgIpc) is 3.05. The van der Waals surface area contributed by atoms with Crippen molar-refractivity contribution in [2.24, 2.45) is 0 Å². The number of nitrogens with one attached hydrogen (secondary N) is 1. The topological polar surface area (TPSA) is 63.0 Å². The van der Waals surface area contributed by atoms with Gasteiger partial charge in [0.05, 0.1) is 14.2 Å². The molecule has 0 aliphatic rings. The van der Waals surface area contributed by atoms with Crippen molar-refractivity contribution in [3.8, 4) is 10.6 Å². The molecule has 4 aromatic heterocycles. The van der Waals surface area contributed by atoms with E-state index in [0.717, 1.165) is 14.4 Å². The van der Waals surface area contributed by atoms with E-state index in [1.165, 1.54) is 0 Å². The average molecular weight is 347 g/mol. The van der Waals surface area contributed by atoms with Crippen LogP contribution in [0.1, 0.15) is 0 Å². The Bertz CT molecular complexity index is 1000. The summed E-state index contributed by atoms with van der Waals surface area (Å²) in [5.74, 6) is 0. The molecule has 0 atom stereocenters. The third-order valence-corrected chi connectivity index (χ3v) is 4.65. The largest absolute Gasteiger partial charge is 0.317 e. The van der Waals surface area contributed by atoms with Crippen LogP contribution in [0.3, 0.4) is 0 Å². The van der Waals surface area contributed by atoms with Gasteiger partial charge in [-0.3, -0.25) is 4.79 Å². The molecule has 5 nitrogen and oxygen atoms in total. The van der Waals surface area contributed by atoms with Crippen LogP contribution in [0.2, 0.25) is 0 Å². The smallest absolute Gasteiger partial charge is 0.274 e. The van der Waals surface area contributed by atoms with Crippen molar-refractivity contribution in [3.63, 3.8) is 0 Å². The molecule has 20 heavy (non-hydrogen) atoms. The van der Waals surface area contributed by atoms with Gasteiger partial charge >= 0.3 is 0 Å². The van der Waals surface area contributed by atoms with E-state index in [-0.39, 0.29) is 5.56 Å². The molecule has 4 aromatic rings. The van der Waals surface area contributed by atoms with Crippen molar-refractivity contribution in [1.82, 2.24) is 19.6 Å². The van der Waals surface area contributed by atoms with E-state index in [9.17, 15) is 4.79 Å². The van der Waals surface area contributed by atoms with Gasteiger partial charge in [-0.25, -0.2) is 9.50 Å². The number of halogens is 1. The van der Waals surface area contributed by atoms with Gasteiger partial charge < -0.3 is 4.98 Å². The minimum Gasteiger partial charge on any atom is -0.317 e. The van der Waals surface area contributed by atoms with Crippen molar-refractivity contribution < 1.29 is 0 Å². The van der Waals surface area contributed by atoms with E-state index in [2.05, 4.69) is 31.0 Å². The summed E-state index contributed by atoms with van der Waals surface area (Å²) in [7, 11) is 0. The maximum Gasteiger partial charge on any atom is 0.274 e. The molecule has 0 aliphatic heterocycles. The lowest BCUT2D eigenvalue weighted by Crippen LogP contribution is -2.10. The molecule has 0 saturated carbocycles. The maximum atomic E-state index is 12.1. The second kappa shape index (κ2) is 4.26. The first-order chi connectivity index (χ1) is 9.72.